The predicted octanol–water partition coefficient (Wildman–Crippen LogP) is 4.03. The molecule has 3 aromatic carbocycles. The number of benzene rings is 3. The fourth-order valence-electron chi connectivity index (χ4n) is 3.22. The van der Waals surface area contributed by atoms with E-state index in [1.807, 2.05) is 0 Å². The number of nitrogens with one attached hydrogen (secondary N) is 1. The summed E-state index contributed by atoms with van der Waals surface area (Å²) in [6, 6.07) is 17.0. The number of ether oxygens (including phenoxy) is 2. The molecule has 0 heterocycles. The van der Waals surface area contributed by atoms with Crippen LogP contribution < -0.4 is 19.1 Å². The van der Waals surface area contributed by atoms with E-state index in [-0.39, 0.29) is 42.0 Å². The quantitative estimate of drug-likeness (QED) is 0.224. The van der Waals surface area contributed by atoms with Gasteiger partial charge in [0.2, 0.25) is 10.0 Å². The normalized spacial score (nSPS) is 11.0. The number of nitro groups is 1. The summed E-state index contributed by atoms with van der Waals surface area (Å²) in [5, 5.41) is 13.9. The molecule has 12 heteroatoms. The van der Waals surface area contributed by atoms with Crippen LogP contribution in [0.4, 0.5) is 11.4 Å². The Morgan fingerprint density at radius 3 is 2.28 bits per heavy atom. The number of nitro benzene ring substituents is 1. The third-order valence-electron chi connectivity index (χ3n) is 5.07. The molecule has 0 saturated carbocycles. The molecule has 3 aromatic rings. The fraction of sp³-hybridized carbons (Fsp3) is 0.208. The van der Waals surface area contributed by atoms with Crippen molar-refractivity contribution < 1.29 is 27.6 Å². The van der Waals surface area contributed by atoms with E-state index >= 15 is 0 Å². The smallest absolute Gasteiger partial charge is 0.271 e. The van der Waals surface area contributed by atoms with Crippen LogP contribution in [-0.2, 0) is 16.6 Å². The molecule has 1 amide bonds. The van der Waals surface area contributed by atoms with Crippen molar-refractivity contribution in [2.45, 2.75) is 6.54 Å². The lowest BCUT2D eigenvalue weighted by Crippen LogP contribution is -2.30. The molecule has 1 N–H and O–H groups in total. The van der Waals surface area contributed by atoms with Gasteiger partial charge in [-0.15, -0.1) is 0 Å². The number of rotatable bonds is 11. The van der Waals surface area contributed by atoms with Gasteiger partial charge in [0.25, 0.3) is 11.6 Å². The molecule has 0 aromatic heterocycles. The van der Waals surface area contributed by atoms with Crippen molar-refractivity contribution in [1.82, 2.24) is 5.32 Å². The highest BCUT2D eigenvalue weighted by molar-refractivity contribution is 7.92. The summed E-state index contributed by atoms with van der Waals surface area (Å²) >= 11 is 6.15. The number of non-ortho nitro benzene ring substituents is 1. The highest BCUT2D eigenvalue weighted by atomic mass is 35.5. The first-order valence-electron chi connectivity index (χ1n) is 10.6. The van der Waals surface area contributed by atoms with Gasteiger partial charge in [-0.05, 0) is 48.0 Å². The summed E-state index contributed by atoms with van der Waals surface area (Å²) in [5.74, 6) is 1.04. The zero-order valence-electron chi connectivity index (χ0n) is 19.5. The molecule has 0 atom stereocenters. The molecule has 0 aliphatic rings. The van der Waals surface area contributed by atoms with Gasteiger partial charge in [-0.1, -0.05) is 23.7 Å². The van der Waals surface area contributed by atoms with Gasteiger partial charge in [0.1, 0.15) is 18.1 Å². The van der Waals surface area contributed by atoms with E-state index in [1.165, 1.54) is 12.1 Å². The topological polar surface area (TPSA) is 128 Å². The van der Waals surface area contributed by atoms with E-state index in [2.05, 4.69) is 5.32 Å². The standard InChI is InChI=1S/C24H24ClN3O7S/c1-34-20-8-10-21(11-9-20)35-14-13-26-24(29)18-5-3-17(4-6-18)16-27(36(2,32)33)23-15-19(28(30)31)7-12-22(23)25/h3-12,15H,13-14,16H2,1-2H3,(H,26,29). The number of halogens is 1. The Bertz CT molecular complexity index is 1330. The highest BCUT2D eigenvalue weighted by Gasteiger charge is 2.23. The Morgan fingerprint density at radius 1 is 1.06 bits per heavy atom. The molecule has 3 rings (SSSR count). The summed E-state index contributed by atoms with van der Waals surface area (Å²) in [5.41, 5.74) is 0.642. The van der Waals surface area contributed by atoms with Gasteiger partial charge < -0.3 is 14.8 Å². The van der Waals surface area contributed by atoms with Crippen molar-refractivity contribution in [3.8, 4) is 11.5 Å². The van der Waals surface area contributed by atoms with Crippen LogP contribution in [-0.4, -0.2) is 45.8 Å². The minimum Gasteiger partial charge on any atom is -0.497 e. The van der Waals surface area contributed by atoms with Crippen molar-refractivity contribution >= 4 is 38.9 Å². The maximum Gasteiger partial charge on any atom is 0.271 e. The van der Waals surface area contributed by atoms with Crippen molar-refractivity contribution in [2.24, 2.45) is 0 Å². The van der Waals surface area contributed by atoms with Gasteiger partial charge in [-0.25, -0.2) is 8.42 Å². The number of hydrogen-bond donors (Lipinski definition) is 1. The molecule has 10 nitrogen and oxygen atoms in total. The molecular weight excluding hydrogens is 510 g/mol. The number of sulfonamides is 1. The Labute approximate surface area is 213 Å². The third-order valence-corrected chi connectivity index (χ3v) is 6.51. The number of amides is 1. The van der Waals surface area contributed by atoms with Crippen LogP contribution in [0.15, 0.2) is 66.7 Å². The van der Waals surface area contributed by atoms with Gasteiger partial charge in [0, 0.05) is 17.7 Å². The summed E-state index contributed by atoms with van der Waals surface area (Å²) in [6.07, 6.45) is 0.984. The zero-order valence-corrected chi connectivity index (χ0v) is 21.1. The summed E-state index contributed by atoms with van der Waals surface area (Å²) in [7, 11) is -2.25. The summed E-state index contributed by atoms with van der Waals surface area (Å²) < 4.78 is 36.5. The first kappa shape index (κ1) is 26.8. The number of anilines is 1. The lowest BCUT2D eigenvalue weighted by molar-refractivity contribution is -0.384. The van der Waals surface area contributed by atoms with Crippen LogP contribution in [0.1, 0.15) is 15.9 Å². The molecule has 0 fully saturated rings. The van der Waals surface area contributed by atoms with E-state index in [9.17, 15) is 23.3 Å². The molecule has 0 unspecified atom stereocenters. The molecule has 0 aliphatic heterocycles. The van der Waals surface area contributed by atoms with Crippen molar-refractivity contribution in [3.05, 3.63) is 93.0 Å². The van der Waals surface area contributed by atoms with Crippen LogP contribution in [0.25, 0.3) is 0 Å². The number of nitrogens with zero attached hydrogens (tertiary/aromatic N) is 2. The van der Waals surface area contributed by atoms with Crippen LogP contribution in [0.5, 0.6) is 11.5 Å². The highest BCUT2D eigenvalue weighted by Crippen LogP contribution is 2.32. The average molecular weight is 534 g/mol. The Kier molecular flexibility index (Phi) is 8.73. The SMILES string of the molecule is COc1ccc(OCCNC(=O)c2ccc(CN(c3cc([N+](=O)[O-])ccc3Cl)S(C)(=O)=O)cc2)cc1. The maximum atomic E-state index is 12.4. The van der Waals surface area contributed by atoms with Crippen LogP contribution in [0.2, 0.25) is 5.02 Å². The first-order valence-corrected chi connectivity index (χ1v) is 12.9. The lowest BCUT2D eigenvalue weighted by Gasteiger charge is -2.23. The number of carbonyl (C=O) groups excluding carboxylic acids is 1. The second-order valence-electron chi connectivity index (χ2n) is 7.64. The Morgan fingerprint density at radius 2 is 1.69 bits per heavy atom. The Hall–Kier alpha value is -3.83. The van der Waals surface area contributed by atoms with Gasteiger partial charge in [-0.3, -0.25) is 19.2 Å². The molecule has 0 bridgehead atoms. The largest absolute Gasteiger partial charge is 0.497 e. The molecule has 0 saturated heterocycles. The van der Waals surface area contributed by atoms with E-state index in [0.717, 1.165) is 16.6 Å². The van der Waals surface area contributed by atoms with E-state index in [0.29, 0.717) is 22.6 Å². The van der Waals surface area contributed by atoms with E-state index in [4.69, 9.17) is 21.1 Å². The van der Waals surface area contributed by atoms with Gasteiger partial charge in [0.15, 0.2) is 0 Å². The fourth-order valence-corrected chi connectivity index (χ4v) is 4.38. The minimum atomic E-state index is -3.82. The van der Waals surface area contributed by atoms with Crippen molar-refractivity contribution in [1.29, 1.82) is 0 Å². The average Bonchev–Trinajstić information content (AvgIpc) is 2.85. The van der Waals surface area contributed by atoms with Gasteiger partial charge in [-0.2, -0.15) is 0 Å². The minimum absolute atomic E-state index is 0.00736. The first-order chi connectivity index (χ1) is 17.1. The Balaban J connectivity index is 1.62. The lowest BCUT2D eigenvalue weighted by atomic mass is 10.1. The van der Waals surface area contributed by atoms with Crippen molar-refractivity contribution in [2.75, 3.05) is 30.8 Å². The van der Waals surface area contributed by atoms with Gasteiger partial charge in [0.05, 0.1) is 42.1 Å². The summed E-state index contributed by atoms with van der Waals surface area (Å²) in [6.45, 7) is 0.417. The van der Waals surface area contributed by atoms with Crippen LogP contribution >= 0.6 is 11.6 Å². The maximum absolute atomic E-state index is 12.4. The summed E-state index contributed by atoms with van der Waals surface area (Å²) in [4.78, 5) is 22.9. The van der Waals surface area contributed by atoms with Crippen LogP contribution in [0, 0.1) is 10.1 Å². The molecule has 190 valence electrons. The number of carbonyl (C=O) groups is 1. The molecule has 0 aliphatic carbocycles. The molecule has 36 heavy (non-hydrogen) atoms. The third kappa shape index (κ3) is 7.09. The second-order valence-corrected chi connectivity index (χ2v) is 9.95. The van der Waals surface area contributed by atoms with E-state index < -0.39 is 14.9 Å². The number of hydrogen-bond acceptors (Lipinski definition) is 7. The van der Waals surface area contributed by atoms with Gasteiger partial charge >= 0.3 is 0 Å². The van der Waals surface area contributed by atoms with Crippen LogP contribution in [0.3, 0.4) is 0 Å². The second kappa shape index (κ2) is 11.7. The molecule has 0 spiro atoms. The molecule has 0 radical (unpaired) electrons. The van der Waals surface area contributed by atoms with Crippen molar-refractivity contribution in [3.63, 3.8) is 0 Å². The number of methoxy groups -OCH3 is 1. The molecular formula is C24H24ClN3O7S. The van der Waals surface area contributed by atoms with E-state index in [1.54, 1.807) is 55.6 Å². The zero-order chi connectivity index (χ0) is 26.3. The monoisotopic (exact) mass is 533 g/mol. The predicted molar refractivity (Wildman–Crippen MR) is 136 cm³/mol.